The molecule has 2 aliphatic carbocycles. The average Bonchev–Trinajstić information content (AvgIpc) is 2.70. The van der Waals surface area contributed by atoms with Crippen molar-refractivity contribution in [2.75, 3.05) is 19.8 Å². The molecule has 0 unspecified atom stereocenters. The van der Waals surface area contributed by atoms with Crippen LogP contribution in [0.5, 0.6) is 0 Å². The fraction of sp³-hybridized carbons (Fsp3) is 0.917. The third kappa shape index (κ3) is 9.17. The Bertz CT molecular complexity index is 489. The van der Waals surface area contributed by atoms with Crippen LogP contribution in [0.15, 0.2) is 0 Å². The van der Waals surface area contributed by atoms with Crippen LogP contribution in [0.1, 0.15) is 85.5 Å². The molecule has 0 atom stereocenters. The maximum Gasteiger partial charge on any atom is 0.222 e. The molecule has 0 spiro atoms. The molecule has 0 heterocycles. The number of ketones is 1. The number of carbonyl (C=O) groups is 2. The molecule has 1 amide bonds. The summed E-state index contributed by atoms with van der Waals surface area (Å²) in [5.74, 6) is 2.10. The quantitative estimate of drug-likeness (QED) is 0.509. The molecule has 0 bridgehead atoms. The maximum atomic E-state index is 12.2. The lowest BCUT2D eigenvalue weighted by molar-refractivity contribution is -0.127. The predicted octanol–water partition coefficient (Wildman–Crippen LogP) is 4.52. The minimum absolute atomic E-state index is 0.0816. The lowest BCUT2D eigenvalue weighted by atomic mass is 9.80. The fourth-order valence-electron chi connectivity index (χ4n) is 4.60. The van der Waals surface area contributed by atoms with Gasteiger partial charge in [-0.25, -0.2) is 0 Å². The van der Waals surface area contributed by atoms with Gasteiger partial charge >= 0.3 is 0 Å². The average molecular weight is 410 g/mol. The molecule has 2 rings (SSSR count). The molecule has 0 aromatic heterocycles. The van der Waals surface area contributed by atoms with Crippen molar-refractivity contribution in [1.29, 1.82) is 0 Å². The highest BCUT2D eigenvalue weighted by Crippen LogP contribution is 2.29. The molecule has 168 valence electrons. The van der Waals surface area contributed by atoms with Crippen molar-refractivity contribution < 1.29 is 19.1 Å². The van der Waals surface area contributed by atoms with Crippen LogP contribution in [-0.4, -0.2) is 43.7 Å². The zero-order valence-electron chi connectivity index (χ0n) is 19.1. The Kier molecular flexibility index (Phi) is 10.6. The molecule has 2 saturated carbocycles. The van der Waals surface area contributed by atoms with Gasteiger partial charge in [-0.15, -0.1) is 0 Å². The Hall–Kier alpha value is -0.940. The lowest BCUT2D eigenvalue weighted by Gasteiger charge is -2.29. The SMILES string of the molecule is CC(C)OC[C@H]1CC[C@@H](COCCC(=O)N[C@H]2CC[C@H](C(=O)C(C)C)CC2)CC1. The van der Waals surface area contributed by atoms with Crippen LogP contribution < -0.4 is 5.32 Å². The van der Waals surface area contributed by atoms with Gasteiger partial charge in [-0.3, -0.25) is 9.59 Å². The van der Waals surface area contributed by atoms with Crippen LogP contribution >= 0.6 is 0 Å². The number of rotatable bonds is 11. The molecule has 0 aromatic rings. The number of amides is 1. The van der Waals surface area contributed by atoms with Gasteiger partial charge in [0.25, 0.3) is 0 Å². The van der Waals surface area contributed by atoms with Gasteiger partial charge in [0.2, 0.25) is 5.91 Å². The van der Waals surface area contributed by atoms with Crippen LogP contribution in [0.4, 0.5) is 0 Å². The van der Waals surface area contributed by atoms with Gasteiger partial charge in [0.15, 0.2) is 0 Å². The van der Waals surface area contributed by atoms with Crippen LogP contribution in [-0.2, 0) is 19.1 Å². The minimum atomic E-state index is 0.0816. The number of ether oxygens (including phenoxy) is 2. The second kappa shape index (κ2) is 12.7. The standard InChI is InChI=1S/C24H43NO4/c1-17(2)24(27)21-9-11-22(12-10-21)25-23(26)13-14-28-15-19-5-7-20(8-6-19)16-29-18(3)4/h17-22H,5-16H2,1-4H3,(H,25,26)/t19-,20+,21-,22-. The number of hydrogen-bond donors (Lipinski definition) is 1. The molecule has 0 aliphatic heterocycles. The summed E-state index contributed by atoms with van der Waals surface area (Å²) < 4.78 is 11.5. The molecule has 0 radical (unpaired) electrons. The maximum absolute atomic E-state index is 12.2. The van der Waals surface area contributed by atoms with Gasteiger partial charge in [0.1, 0.15) is 5.78 Å². The highest BCUT2D eigenvalue weighted by atomic mass is 16.5. The summed E-state index contributed by atoms with van der Waals surface area (Å²) >= 11 is 0. The Morgan fingerprint density at radius 1 is 0.862 bits per heavy atom. The van der Waals surface area contributed by atoms with Crippen LogP contribution in [0, 0.1) is 23.7 Å². The highest BCUT2D eigenvalue weighted by molar-refractivity contribution is 5.83. The molecular weight excluding hydrogens is 366 g/mol. The summed E-state index contributed by atoms with van der Waals surface area (Å²) in [4.78, 5) is 24.3. The Morgan fingerprint density at radius 3 is 2.00 bits per heavy atom. The third-order valence-corrected chi connectivity index (χ3v) is 6.52. The predicted molar refractivity (Wildman–Crippen MR) is 116 cm³/mol. The lowest BCUT2D eigenvalue weighted by Crippen LogP contribution is -2.39. The van der Waals surface area contributed by atoms with Crippen molar-refractivity contribution in [2.24, 2.45) is 23.7 Å². The summed E-state index contributed by atoms with van der Waals surface area (Å²) in [5, 5.41) is 3.13. The molecule has 5 nitrogen and oxygen atoms in total. The second-order valence-electron chi connectivity index (χ2n) is 9.77. The molecular formula is C24H43NO4. The van der Waals surface area contributed by atoms with Crippen molar-refractivity contribution in [3.63, 3.8) is 0 Å². The van der Waals surface area contributed by atoms with Gasteiger partial charge in [0, 0.05) is 37.5 Å². The monoisotopic (exact) mass is 409 g/mol. The van der Waals surface area contributed by atoms with E-state index in [9.17, 15) is 9.59 Å². The van der Waals surface area contributed by atoms with Gasteiger partial charge in [-0.1, -0.05) is 13.8 Å². The van der Waals surface area contributed by atoms with Crippen molar-refractivity contribution in [2.45, 2.75) is 97.6 Å². The zero-order chi connectivity index (χ0) is 21.2. The zero-order valence-corrected chi connectivity index (χ0v) is 19.1. The van der Waals surface area contributed by atoms with Crippen molar-refractivity contribution >= 4 is 11.7 Å². The van der Waals surface area contributed by atoms with Crippen molar-refractivity contribution in [3.8, 4) is 0 Å². The van der Waals surface area contributed by atoms with Crippen LogP contribution in [0.25, 0.3) is 0 Å². The Labute approximate surface area is 177 Å². The van der Waals surface area contributed by atoms with E-state index in [4.69, 9.17) is 9.47 Å². The molecule has 29 heavy (non-hydrogen) atoms. The van der Waals surface area contributed by atoms with Crippen molar-refractivity contribution in [3.05, 3.63) is 0 Å². The first-order valence-electron chi connectivity index (χ1n) is 11.9. The van der Waals surface area contributed by atoms with E-state index in [1.165, 1.54) is 25.7 Å². The summed E-state index contributed by atoms with van der Waals surface area (Å²) in [7, 11) is 0. The first-order valence-corrected chi connectivity index (χ1v) is 11.9. The van der Waals surface area contributed by atoms with E-state index in [0.717, 1.165) is 38.9 Å². The molecule has 2 fully saturated rings. The highest BCUT2D eigenvalue weighted by Gasteiger charge is 2.28. The van der Waals surface area contributed by atoms with E-state index >= 15 is 0 Å². The smallest absolute Gasteiger partial charge is 0.222 e. The van der Waals surface area contributed by atoms with E-state index in [1.54, 1.807) is 0 Å². The van der Waals surface area contributed by atoms with Crippen molar-refractivity contribution in [1.82, 2.24) is 5.32 Å². The number of Topliss-reactive ketones (excluding diaryl/α,β-unsaturated/α-hetero) is 1. The number of carbonyl (C=O) groups excluding carboxylic acids is 2. The topological polar surface area (TPSA) is 64.6 Å². The third-order valence-electron chi connectivity index (χ3n) is 6.52. The van der Waals surface area contributed by atoms with E-state index in [1.807, 2.05) is 13.8 Å². The van der Waals surface area contributed by atoms with E-state index in [-0.39, 0.29) is 23.8 Å². The minimum Gasteiger partial charge on any atom is -0.381 e. The van der Waals surface area contributed by atoms with E-state index < -0.39 is 0 Å². The molecule has 0 saturated heterocycles. The van der Waals surface area contributed by atoms with Gasteiger partial charge in [-0.05, 0) is 77.0 Å². The van der Waals surface area contributed by atoms with Gasteiger partial charge in [0.05, 0.1) is 12.7 Å². The molecule has 2 aliphatic rings. The van der Waals surface area contributed by atoms with Crippen LogP contribution in [0.2, 0.25) is 0 Å². The first-order chi connectivity index (χ1) is 13.8. The summed E-state index contributed by atoms with van der Waals surface area (Å²) in [6.45, 7) is 10.3. The number of hydrogen-bond acceptors (Lipinski definition) is 4. The Balaban J connectivity index is 1.50. The second-order valence-corrected chi connectivity index (χ2v) is 9.77. The van der Waals surface area contributed by atoms with E-state index in [0.29, 0.717) is 36.8 Å². The fourth-order valence-corrected chi connectivity index (χ4v) is 4.60. The van der Waals surface area contributed by atoms with E-state index in [2.05, 4.69) is 19.2 Å². The molecule has 1 N–H and O–H groups in total. The van der Waals surface area contributed by atoms with Gasteiger partial charge in [-0.2, -0.15) is 0 Å². The molecule has 5 heteroatoms. The normalized spacial score (nSPS) is 27.9. The van der Waals surface area contributed by atoms with Crippen LogP contribution in [0.3, 0.4) is 0 Å². The summed E-state index contributed by atoms with van der Waals surface area (Å²) in [6.07, 6.45) is 9.26. The largest absolute Gasteiger partial charge is 0.381 e. The van der Waals surface area contributed by atoms with Gasteiger partial charge < -0.3 is 14.8 Å². The Morgan fingerprint density at radius 2 is 1.45 bits per heavy atom. The number of nitrogens with one attached hydrogen (secondary N) is 1. The summed E-state index contributed by atoms with van der Waals surface area (Å²) in [6, 6.07) is 0.224. The first kappa shape index (κ1) is 24.3. The molecule has 0 aromatic carbocycles. The summed E-state index contributed by atoms with van der Waals surface area (Å²) in [5.41, 5.74) is 0.